The molecule has 16 heavy (non-hydrogen) atoms. The van der Waals surface area contributed by atoms with Crippen LogP contribution >= 0.6 is 0 Å². The van der Waals surface area contributed by atoms with Crippen molar-refractivity contribution in [3.8, 4) is 0 Å². The van der Waals surface area contributed by atoms with Crippen molar-refractivity contribution in [1.29, 1.82) is 0 Å². The number of hydrogen-bond acceptors (Lipinski definition) is 2. The van der Waals surface area contributed by atoms with Crippen molar-refractivity contribution in [2.75, 3.05) is 6.61 Å². The molecule has 3 nitrogen and oxygen atoms in total. The predicted octanol–water partition coefficient (Wildman–Crippen LogP) is 1.62. The number of aryl methyl sites for hydroxylation is 1. The number of aliphatic hydroxyl groups excluding tert-OH is 1. The highest BCUT2D eigenvalue weighted by Crippen LogP contribution is 2.09. The molecule has 2 N–H and O–H groups in total. The molecule has 0 aliphatic rings. The molecule has 0 fully saturated rings. The number of nitrogens with one attached hydrogen (secondary N) is 1. The van der Waals surface area contributed by atoms with E-state index in [1.807, 2.05) is 45.0 Å². The van der Waals surface area contributed by atoms with Gasteiger partial charge in [-0.2, -0.15) is 0 Å². The highest BCUT2D eigenvalue weighted by Gasteiger charge is 2.15. The summed E-state index contributed by atoms with van der Waals surface area (Å²) < 4.78 is 14.8. The maximum atomic E-state index is 11.9. The molecule has 0 saturated heterocycles. The summed E-state index contributed by atoms with van der Waals surface area (Å²) in [5.41, 5.74) is 1.14. The van der Waals surface area contributed by atoms with E-state index in [0.29, 0.717) is 0 Å². The highest BCUT2D eigenvalue weighted by molar-refractivity contribution is 7.83. The van der Waals surface area contributed by atoms with Gasteiger partial charge in [-0.05, 0) is 25.0 Å². The molecule has 4 heteroatoms. The van der Waals surface area contributed by atoms with E-state index in [4.69, 9.17) is 5.11 Å². The van der Waals surface area contributed by atoms with Crippen molar-refractivity contribution in [1.82, 2.24) is 4.72 Å². The Morgan fingerprint density at radius 3 is 2.31 bits per heavy atom. The lowest BCUT2D eigenvalue weighted by atomic mass is 10.1. The first-order chi connectivity index (χ1) is 7.54. The van der Waals surface area contributed by atoms with E-state index in [1.54, 1.807) is 0 Å². The van der Waals surface area contributed by atoms with E-state index in [0.717, 1.165) is 10.5 Å². The van der Waals surface area contributed by atoms with Gasteiger partial charge >= 0.3 is 0 Å². The minimum absolute atomic E-state index is 0.00469. The summed E-state index contributed by atoms with van der Waals surface area (Å²) in [6, 6.07) is 7.40. The molecule has 0 amide bonds. The molecule has 0 aliphatic heterocycles. The van der Waals surface area contributed by atoms with Crippen LogP contribution in [-0.4, -0.2) is 22.0 Å². The lowest BCUT2D eigenvalue weighted by Crippen LogP contribution is -2.38. The number of rotatable bonds is 5. The van der Waals surface area contributed by atoms with Gasteiger partial charge in [0.1, 0.15) is 11.0 Å². The molecule has 0 aromatic heterocycles. The average Bonchev–Trinajstić information content (AvgIpc) is 2.26. The molecule has 1 aromatic rings. The molecular formula is C12H19NO2S. The van der Waals surface area contributed by atoms with Crippen LogP contribution in [0.2, 0.25) is 0 Å². The van der Waals surface area contributed by atoms with Crippen molar-refractivity contribution in [2.24, 2.45) is 5.92 Å². The quantitative estimate of drug-likeness (QED) is 0.823. The monoisotopic (exact) mass is 241 g/mol. The first kappa shape index (κ1) is 13.4. The molecular weight excluding hydrogens is 222 g/mol. The van der Waals surface area contributed by atoms with Gasteiger partial charge in [-0.1, -0.05) is 31.5 Å². The zero-order valence-electron chi connectivity index (χ0n) is 9.93. The van der Waals surface area contributed by atoms with E-state index >= 15 is 0 Å². The Bertz CT molecular complexity index is 349. The molecule has 0 radical (unpaired) electrons. The second kappa shape index (κ2) is 6.13. The molecule has 0 heterocycles. The summed E-state index contributed by atoms with van der Waals surface area (Å²) in [7, 11) is -1.25. The van der Waals surface area contributed by atoms with Gasteiger partial charge in [0.05, 0.1) is 11.5 Å². The number of benzene rings is 1. The van der Waals surface area contributed by atoms with Crippen LogP contribution in [0, 0.1) is 12.8 Å². The molecule has 1 rings (SSSR count). The predicted molar refractivity (Wildman–Crippen MR) is 66.4 cm³/mol. The van der Waals surface area contributed by atoms with Gasteiger partial charge in [0.2, 0.25) is 0 Å². The zero-order valence-corrected chi connectivity index (χ0v) is 10.8. The van der Waals surface area contributed by atoms with Crippen molar-refractivity contribution < 1.29 is 9.32 Å². The Kier molecular flexibility index (Phi) is 5.12. The fourth-order valence-corrected chi connectivity index (χ4v) is 2.39. The lowest BCUT2D eigenvalue weighted by Gasteiger charge is -2.19. The summed E-state index contributed by atoms with van der Waals surface area (Å²) in [4.78, 5) is 0.740. The highest BCUT2D eigenvalue weighted by atomic mass is 32.2. The fourth-order valence-electron chi connectivity index (χ4n) is 1.25. The molecule has 1 aromatic carbocycles. The van der Waals surface area contributed by atoms with Crippen LogP contribution in [0.15, 0.2) is 29.2 Å². The standard InChI is InChI=1S/C12H19NO2S/c1-9(2)12(8-14)13-16(15)11-6-4-10(3)5-7-11/h4-7,9,12-14H,8H2,1-3H3. The third-order valence-corrected chi connectivity index (χ3v) is 3.71. The SMILES string of the molecule is Cc1ccc(S(=O)NC(CO)C(C)C)cc1. The van der Waals surface area contributed by atoms with E-state index in [2.05, 4.69) is 4.72 Å². The second-order valence-electron chi connectivity index (χ2n) is 4.23. The smallest absolute Gasteiger partial charge is 0.125 e. The molecule has 0 spiro atoms. The van der Waals surface area contributed by atoms with Gasteiger partial charge in [-0.25, -0.2) is 8.93 Å². The Hall–Kier alpha value is -0.710. The summed E-state index contributed by atoms with van der Waals surface area (Å²) in [6.07, 6.45) is 0. The maximum Gasteiger partial charge on any atom is 0.125 e. The first-order valence-corrected chi connectivity index (χ1v) is 6.55. The van der Waals surface area contributed by atoms with Gasteiger partial charge in [-0.3, -0.25) is 0 Å². The Morgan fingerprint density at radius 2 is 1.88 bits per heavy atom. The fraction of sp³-hybridized carbons (Fsp3) is 0.500. The van der Waals surface area contributed by atoms with Gasteiger partial charge in [0.25, 0.3) is 0 Å². The van der Waals surface area contributed by atoms with Gasteiger partial charge < -0.3 is 5.11 Å². The van der Waals surface area contributed by atoms with Crippen molar-refractivity contribution in [2.45, 2.75) is 31.7 Å². The molecule has 90 valence electrons. The van der Waals surface area contributed by atoms with Crippen LogP contribution in [-0.2, 0) is 11.0 Å². The summed E-state index contributed by atoms with van der Waals surface area (Å²) in [5, 5.41) is 9.14. The van der Waals surface area contributed by atoms with Crippen molar-refractivity contribution in [3.05, 3.63) is 29.8 Å². The van der Waals surface area contributed by atoms with E-state index in [-0.39, 0.29) is 18.6 Å². The van der Waals surface area contributed by atoms with Crippen LogP contribution in [0.5, 0.6) is 0 Å². The van der Waals surface area contributed by atoms with E-state index in [9.17, 15) is 4.21 Å². The summed E-state index contributed by atoms with van der Waals surface area (Å²) in [6.45, 7) is 5.96. The van der Waals surface area contributed by atoms with Crippen molar-refractivity contribution in [3.63, 3.8) is 0 Å². The molecule has 0 bridgehead atoms. The Morgan fingerprint density at radius 1 is 1.31 bits per heavy atom. The topological polar surface area (TPSA) is 49.3 Å². The first-order valence-electron chi connectivity index (χ1n) is 5.40. The van der Waals surface area contributed by atoms with Crippen LogP contribution in [0.25, 0.3) is 0 Å². The molecule has 2 unspecified atom stereocenters. The van der Waals surface area contributed by atoms with Gasteiger partial charge in [-0.15, -0.1) is 0 Å². The van der Waals surface area contributed by atoms with E-state index < -0.39 is 11.0 Å². The molecule has 2 atom stereocenters. The van der Waals surface area contributed by atoms with E-state index in [1.165, 1.54) is 0 Å². The zero-order chi connectivity index (χ0) is 12.1. The second-order valence-corrected chi connectivity index (χ2v) is 5.48. The minimum Gasteiger partial charge on any atom is -0.395 e. The summed E-state index contributed by atoms with van der Waals surface area (Å²) in [5.74, 6) is 0.249. The molecule has 0 saturated carbocycles. The Labute approximate surface area is 99.5 Å². The third kappa shape index (κ3) is 3.70. The largest absolute Gasteiger partial charge is 0.395 e. The van der Waals surface area contributed by atoms with Crippen LogP contribution in [0.1, 0.15) is 19.4 Å². The van der Waals surface area contributed by atoms with Crippen molar-refractivity contribution >= 4 is 11.0 Å². The summed E-state index contributed by atoms with van der Waals surface area (Å²) >= 11 is 0. The Balaban J connectivity index is 2.68. The van der Waals surface area contributed by atoms with Gasteiger partial charge in [0.15, 0.2) is 0 Å². The van der Waals surface area contributed by atoms with Crippen LogP contribution in [0.4, 0.5) is 0 Å². The van der Waals surface area contributed by atoms with Crippen LogP contribution < -0.4 is 4.72 Å². The number of aliphatic hydroxyl groups is 1. The van der Waals surface area contributed by atoms with Crippen LogP contribution in [0.3, 0.4) is 0 Å². The number of hydrogen-bond donors (Lipinski definition) is 2. The van der Waals surface area contributed by atoms with Gasteiger partial charge in [0, 0.05) is 6.04 Å². The normalized spacial score (nSPS) is 15.1. The maximum absolute atomic E-state index is 11.9. The lowest BCUT2D eigenvalue weighted by molar-refractivity contribution is 0.229. The average molecular weight is 241 g/mol. The minimum atomic E-state index is -1.25. The third-order valence-electron chi connectivity index (χ3n) is 2.49. The molecule has 0 aliphatic carbocycles.